The number of aromatic nitrogens is 2. The first-order chi connectivity index (χ1) is 10.7. The highest BCUT2D eigenvalue weighted by molar-refractivity contribution is 5.84. The van der Waals surface area contributed by atoms with Gasteiger partial charge >= 0.3 is 0 Å². The zero-order chi connectivity index (χ0) is 15.4. The molecule has 1 spiro atoms. The number of methoxy groups -OCH3 is 1. The van der Waals surface area contributed by atoms with E-state index in [2.05, 4.69) is 14.9 Å². The standard InChI is InChI=1S/C16H24N4O2/c1-22-11-10-20-8-2-4-16(15(20)21)5-9-19(13-16)12-14-17-6-3-7-18-14/h3,6-7H,2,4-5,8-13H2,1H3/t16-/m1/s1. The molecule has 22 heavy (non-hydrogen) atoms. The molecule has 1 aromatic rings. The second-order valence-corrected chi connectivity index (χ2v) is 6.29. The molecule has 2 aliphatic heterocycles. The highest BCUT2D eigenvalue weighted by Crippen LogP contribution is 2.40. The molecule has 2 saturated heterocycles. The van der Waals surface area contributed by atoms with Crippen LogP contribution in [-0.2, 0) is 16.1 Å². The van der Waals surface area contributed by atoms with Crippen LogP contribution in [0.15, 0.2) is 18.5 Å². The predicted molar refractivity (Wildman–Crippen MR) is 82.0 cm³/mol. The van der Waals surface area contributed by atoms with Crippen LogP contribution in [-0.4, -0.2) is 65.6 Å². The molecular weight excluding hydrogens is 280 g/mol. The maximum atomic E-state index is 12.9. The summed E-state index contributed by atoms with van der Waals surface area (Å²) in [5.41, 5.74) is -0.194. The van der Waals surface area contributed by atoms with E-state index in [0.717, 1.165) is 51.3 Å². The fraction of sp³-hybridized carbons (Fsp3) is 0.688. The smallest absolute Gasteiger partial charge is 0.230 e. The number of amides is 1. The maximum Gasteiger partial charge on any atom is 0.230 e. The zero-order valence-electron chi connectivity index (χ0n) is 13.2. The van der Waals surface area contributed by atoms with Crippen molar-refractivity contribution in [3.63, 3.8) is 0 Å². The molecule has 6 heteroatoms. The van der Waals surface area contributed by atoms with Crippen molar-refractivity contribution < 1.29 is 9.53 Å². The average molecular weight is 304 g/mol. The summed E-state index contributed by atoms with van der Waals surface area (Å²) in [6.07, 6.45) is 6.58. The van der Waals surface area contributed by atoms with Crippen LogP contribution in [0.25, 0.3) is 0 Å². The van der Waals surface area contributed by atoms with Gasteiger partial charge in [0.15, 0.2) is 0 Å². The molecule has 0 aromatic carbocycles. The predicted octanol–water partition coefficient (Wildman–Crippen LogP) is 0.937. The molecule has 1 atom stereocenters. The van der Waals surface area contributed by atoms with Gasteiger partial charge in [-0.3, -0.25) is 9.69 Å². The zero-order valence-corrected chi connectivity index (χ0v) is 13.2. The van der Waals surface area contributed by atoms with Crippen molar-refractivity contribution in [3.8, 4) is 0 Å². The first kappa shape index (κ1) is 15.4. The molecule has 1 amide bonds. The van der Waals surface area contributed by atoms with Gasteiger partial charge in [-0.1, -0.05) is 0 Å². The Morgan fingerprint density at radius 3 is 2.86 bits per heavy atom. The normalized spacial score (nSPS) is 26.0. The van der Waals surface area contributed by atoms with Crippen LogP contribution in [0.5, 0.6) is 0 Å². The third-order valence-electron chi connectivity index (χ3n) is 4.81. The lowest BCUT2D eigenvalue weighted by molar-refractivity contribution is -0.146. The van der Waals surface area contributed by atoms with Gasteiger partial charge in [0.1, 0.15) is 5.82 Å². The summed E-state index contributed by atoms with van der Waals surface area (Å²) in [7, 11) is 1.68. The molecule has 2 aliphatic rings. The molecular formula is C16H24N4O2. The van der Waals surface area contributed by atoms with E-state index in [-0.39, 0.29) is 5.41 Å². The summed E-state index contributed by atoms with van der Waals surface area (Å²) in [6, 6.07) is 1.83. The molecule has 120 valence electrons. The number of carbonyl (C=O) groups is 1. The lowest BCUT2D eigenvalue weighted by Crippen LogP contribution is -2.50. The van der Waals surface area contributed by atoms with Crippen LogP contribution >= 0.6 is 0 Å². The lowest BCUT2D eigenvalue weighted by atomic mass is 9.78. The Morgan fingerprint density at radius 1 is 1.27 bits per heavy atom. The summed E-state index contributed by atoms with van der Waals surface area (Å²) in [5, 5.41) is 0. The number of rotatable bonds is 5. The molecule has 2 fully saturated rings. The molecule has 0 bridgehead atoms. The summed E-state index contributed by atoms with van der Waals surface area (Å²) in [6.45, 7) is 4.69. The van der Waals surface area contributed by atoms with Crippen molar-refractivity contribution in [3.05, 3.63) is 24.3 Å². The van der Waals surface area contributed by atoms with E-state index in [1.807, 2.05) is 11.0 Å². The molecule has 3 rings (SSSR count). The minimum absolute atomic E-state index is 0.194. The molecule has 6 nitrogen and oxygen atoms in total. The van der Waals surface area contributed by atoms with Gasteiger partial charge in [0, 0.05) is 39.1 Å². The Morgan fingerprint density at radius 2 is 2.09 bits per heavy atom. The Bertz CT molecular complexity index is 510. The summed E-state index contributed by atoms with van der Waals surface area (Å²) in [5.74, 6) is 1.14. The van der Waals surface area contributed by atoms with E-state index in [4.69, 9.17) is 4.74 Å². The van der Waals surface area contributed by atoms with E-state index in [9.17, 15) is 4.79 Å². The first-order valence-electron chi connectivity index (χ1n) is 8.00. The average Bonchev–Trinajstić information content (AvgIpc) is 2.94. The van der Waals surface area contributed by atoms with Gasteiger partial charge in [-0.25, -0.2) is 9.97 Å². The number of carbonyl (C=O) groups excluding carboxylic acids is 1. The molecule has 0 saturated carbocycles. The van der Waals surface area contributed by atoms with Crippen molar-refractivity contribution in [1.82, 2.24) is 19.8 Å². The fourth-order valence-corrected chi connectivity index (χ4v) is 3.65. The Labute approximate surface area is 131 Å². The number of ether oxygens (including phenoxy) is 1. The van der Waals surface area contributed by atoms with Gasteiger partial charge in [0.2, 0.25) is 5.91 Å². The Balaban J connectivity index is 1.63. The number of nitrogens with zero attached hydrogens (tertiary/aromatic N) is 4. The lowest BCUT2D eigenvalue weighted by Gasteiger charge is -2.39. The van der Waals surface area contributed by atoms with Crippen LogP contribution in [0.1, 0.15) is 25.1 Å². The van der Waals surface area contributed by atoms with Gasteiger partial charge in [0.25, 0.3) is 0 Å². The van der Waals surface area contributed by atoms with Gasteiger partial charge < -0.3 is 9.64 Å². The number of likely N-dealkylation sites (tertiary alicyclic amines) is 2. The summed E-state index contributed by atoms with van der Waals surface area (Å²) in [4.78, 5) is 25.7. The summed E-state index contributed by atoms with van der Waals surface area (Å²) < 4.78 is 5.12. The van der Waals surface area contributed by atoms with Crippen molar-refractivity contribution in [1.29, 1.82) is 0 Å². The third kappa shape index (κ3) is 3.13. The van der Waals surface area contributed by atoms with E-state index in [1.165, 1.54) is 0 Å². The first-order valence-corrected chi connectivity index (χ1v) is 8.00. The number of piperidine rings is 1. The fourth-order valence-electron chi connectivity index (χ4n) is 3.65. The van der Waals surface area contributed by atoms with E-state index in [0.29, 0.717) is 19.1 Å². The summed E-state index contributed by atoms with van der Waals surface area (Å²) >= 11 is 0. The Kier molecular flexibility index (Phi) is 4.69. The maximum absolute atomic E-state index is 12.9. The van der Waals surface area contributed by atoms with E-state index >= 15 is 0 Å². The van der Waals surface area contributed by atoms with Crippen molar-refractivity contribution >= 4 is 5.91 Å². The largest absolute Gasteiger partial charge is 0.383 e. The second-order valence-electron chi connectivity index (χ2n) is 6.29. The monoisotopic (exact) mass is 304 g/mol. The Hall–Kier alpha value is -1.53. The van der Waals surface area contributed by atoms with Gasteiger partial charge in [-0.05, 0) is 31.9 Å². The highest BCUT2D eigenvalue weighted by atomic mass is 16.5. The van der Waals surface area contributed by atoms with E-state index in [1.54, 1.807) is 19.5 Å². The number of hydrogen-bond donors (Lipinski definition) is 0. The SMILES string of the molecule is COCCN1CCC[C@]2(CCN(Cc3ncccn3)C2)C1=O. The van der Waals surface area contributed by atoms with Gasteiger partial charge in [0.05, 0.1) is 18.6 Å². The molecule has 0 unspecified atom stereocenters. The quantitative estimate of drug-likeness (QED) is 0.810. The van der Waals surface area contributed by atoms with Gasteiger partial charge in [-0.2, -0.15) is 0 Å². The van der Waals surface area contributed by atoms with Crippen LogP contribution < -0.4 is 0 Å². The minimum atomic E-state index is -0.194. The van der Waals surface area contributed by atoms with Crippen LogP contribution in [0.2, 0.25) is 0 Å². The molecule has 3 heterocycles. The molecule has 0 radical (unpaired) electrons. The van der Waals surface area contributed by atoms with E-state index < -0.39 is 0 Å². The second kappa shape index (κ2) is 6.71. The minimum Gasteiger partial charge on any atom is -0.383 e. The number of hydrogen-bond acceptors (Lipinski definition) is 5. The molecule has 1 aromatic heterocycles. The molecule has 0 aliphatic carbocycles. The van der Waals surface area contributed by atoms with Crippen LogP contribution in [0.3, 0.4) is 0 Å². The molecule has 0 N–H and O–H groups in total. The van der Waals surface area contributed by atoms with Crippen molar-refractivity contribution in [2.24, 2.45) is 5.41 Å². The van der Waals surface area contributed by atoms with Gasteiger partial charge in [-0.15, -0.1) is 0 Å². The van der Waals surface area contributed by atoms with Crippen molar-refractivity contribution in [2.45, 2.75) is 25.8 Å². The third-order valence-corrected chi connectivity index (χ3v) is 4.81. The van der Waals surface area contributed by atoms with Crippen molar-refractivity contribution in [2.75, 3.05) is 39.9 Å². The highest BCUT2D eigenvalue weighted by Gasteiger charge is 2.48. The topological polar surface area (TPSA) is 58.6 Å². The van der Waals surface area contributed by atoms with Crippen LogP contribution in [0.4, 0.5) is 0 Å². The van der Waals surface area contributed by atoms with Crippen LogP contribution in [0, 0.1) is 5.41 Å².